The predicted octanol–water partition coefficient (Wildman–Crippen LogP) is 5.40. The van der Waals surface area contributed by atoms with Crippen LogP contribution in [0.25, 0.3) is 0 Å². The zero-order valence-electron chi connectivity index (χ0n) is 14.3. The van der Waals surface area contributed by atoms with Crippen LogP contribution in [0.15, 0.2) is 48.5 Å². The smallest absolute Gasteiger partial charge is 0.308 e. The van der Waals surface area contributed by atoms with Crippen LogP contribution in [0.1, 0.15) is 42.9 Å². The molecule has 0 aliphatic heterocycles. The van der Waals surface area contributed by atoms with Crippen LogP contribution in [-0.2, 0) is 9.53 Å². The molecule has 0 spiro atoms. The van der Waals surface area contributed by atoms with E-state index in [-0.39, 0.29) is 17.8 Å². The second-order valence-corrected chi connectivity index (χ2v) is 6.89. The third kappa shape index (κ3) is 5.21. The Kier molecular flexibility index (Phi) is 7.30. The molecular weight excluding hydrogens is 359 g/mol. The zero-order chi connectivity index (χ0) is 18.4. The quantitative estimate of drug-likeness (QED) is 0.654. The van der Waals surface area contributed by atoms with Crippen molar-refractivity contribution in [1.82, 2.24) is 0 Å². The van der Waals surface area contributed by atoms with Crippen LogP contribution >= 0.6 is 23.2 Å². The van der Waals surface area contributed by atoms with Crippen molar-refractivity contribution in [1.29, 1.82) is 0 Å². The fraction of sp³-hybridized carbons (Fsp3) is 0.350. The van der Waals surface area contributed by atoms with Crippen molar-refractivity contribution in [3.05, 3.63) is 69.7 Å². The van der Waals surface area contributed by atoms with Gasteiger partial charge in [0.2, 0.25) is 0 Å². The maximum absolute atomic E-state index is 12.0. The summed E-state index contributed by atoms with van der Waals surface area (Å²) in [6.45, 7) is 1.94. The van der Waals surface area contributed by atoms with Crippen LogP contribution in [-0.4, -0.2) is 18.2 Å². The largest absolute Gasteiger partial charge is 0.469 e. The maximum Gasteiger partial charge on any atom is 0.308 e. The van der Waals surface area contributed by atoms with Gasteiger partial charge in [-0.05, 0) is 48.2 Å². The van der Waals surface area contributed by atoms with Gasteiger partial charge in [-0.3, -0.25) is 4.79 Å². The molecule has 0 fully saturated rings. The highest BCUT2D eigenvalue weighted by Crippen LogP contribution is 2.38. The monoisotopic (exact) mass is 380 g/mol. The minimum atomic E-state index is -0.783. The first-order valence-electron chi connectivity index (χ1n) is 8.23. The SMILES string of the molecule is CCC(C[C@H](c1cccc(Cl)c1)[C@@H](O)c1ccc(Cl)cc1)C(=O)OC. The Bertz CT molecular complexity index is 700. The van der Waals surface area contributed by atoms with Crippen molar-refractivity contribution in [2.75, 3.05) is 7.11 Å². The molecule has 134 valence electrons. The fourth-order valence-corrected chi connectivity index (χ4v) is 3.30. The van der Waals surface area contributed by atoms with Gasteiger partial charge in [0.25, 0.3) is 0 Å². The molecule has 5 heteroatoms. The van der Waals surface area contributed by atoms with Crippen LogP contribution < -0.4 is 0 Å². The van der Waals surface area contributed by atoms with E-state index in [1.807, 2.05) is 25.1 Å². The van der Waals surface area contributed by atoms with Crippen molar-refractivity contribution >= 4 is 29.2 Å². The summed E-state index contributed by atoms with van der Waals surface area (Å²) in [5, 5.41) is 12.2. The molecule has 0 saturated carbocycles. The summed E-state index contributed by atoms with van der Waals surface area (Å²) in [7, 11) is 1.38. The van der Waals surface area contributed by atoms with Crippen molar-refractivity contribution in [3.8, 4) is 0 Å². The third-order valence-corrected chi connectivity index (χ3v) is 4.92. The molecule has 3 atom stereocenters. The first kappa shape index (κ1) is 19.8. The minimum absolute atomic E-state index is 0.266. The summed E-state index contributed by atoms with van der Waals surface area (Å²) in [6, 6.07) is 14.5. The van der Waals surface area contributed by atoms with Crippen molar-refractivity contribution < 1.29 is 14.6 Å². The number of esters is 1. The summed E-state index contributed by atoms with van der Waals surface area (Å²) in [5.74, 6) is -0.849. The Balaban J connectivity index is 2.37. The zero-order valence-corrected chi connectivity index (χ0v) is 15.8. The van der Waals surface area contributed by atoms with E-state index in [1.165, 1.54) is 7.11 Å². The van der Waals surface area contributed by atoms with Crippen LogP contribution in [0, 0.1) is 5.92 Å². The Morgan fingerprint density at radius 3 is 2.32 bits per heavy atom. The van der Waals surface area contributed by atoms with Crippen LogP contribution in [0.2, 0.25) is 10.0 Å². The van der Waals surface area contributed by atoms with Gasteiger partial charge in [0.15, 0.2) is 0 Å². The second-order valence-electron chi connectivity index (χ2n) is 6.02. The lowest BCUT2D eigenvalue weighted by Crippen LogP contribution is -2.22. The van der Waals surface area contributed by atoms with Crippen molar-refractivity contribution in [3.63, 3.8) is 0 Å². The first-order chi connectivity index (χ1) is 12.0. The van der Waals surface area contributed by atoms with Gasteiger partial charge in [-0.2, -0.15) is 0 Å². The van der Waals surface area contributed by atoms with E-state index < -0.39 is 6.10 Å². The molecule has 2 aromatic rings. The predicted molar refractivity (Wildman–Crippen MR) is 101 cm³/mol. The van der Waals surface area contributed by atoms with Gasteiger partial charge in [-0.15, -0.1) is 0 Å². The lowest BCUT2D eigenvalue weighted by Gasteiger charge is -2.27. The van der Waals surface area contributed by atoms with Crippen molar-refractivity contribution in [2.45, 2.75) is 31.8 Å². The van der Waals surface area contributed by atoms with Gasteiger partial charge < -0.3 is 9.84 Å². The van der Waals surface area contributed by atoms with E-state index >= 15 is 0 Å². The number of hydrogen-bond acceptors (Lipinski definition) is 3. The second kappa shape index (κ2) is 9.23. The summed E-state index contributed by atoms with van der Waals surface area (Å²) in [6.07, 6.45) is 0.319. The fourth-order valence-electron chi connectivity index (χ4n) is 2.98. The molecule has 1 N–H and O–H groups in total. The maximum atomic E-state index is 12.0. The number of ether oxygens (including phenoxy) is 1. The van der Waals surface area contributed by atoms with Gasteiger partial charge >= 0.3 is 5.97 Å². The summed E-state index contributed by atoms with van der Waals surface area (Å²) < 4.78 is 4.90. The number of rotatable bonds is 7. The number of carbonyl (C=O) groups excluding carboxylic acids is 1. The molecule has 3 nitrogen and oxygen atoms in total. The Morgan fingerprint density at radius 2 is 1.76 bits per heavy atom. The molecule has 1 unspecified atom stereocenters. The Labute approximate surface area is 158 Å². The average Bonchev–Trinajstić information content (AvgIpc) is 2.62. The normalized spacial score (nSPS) is 14.6. The van der Waals surface area contributed by atoms with Crippen LogP contribution in [0.4, 0.5) is 0 Å². The number of aliphatic hydroxyl groups is 1. The highest BCUT2D eigenvalue weighted by molar-refractivity contribution is 6.30. The van der Waals surface area contributed by atoms with Crippen LogP contribution in [0.5, 0.6) is 0 Å². The Hall–Kier alpha value is -1.55. The van der Waals surface area contributed by atoms with E-state index in [0.29, 0.717) is 22.9 Å². The summed E-state index contributed by atoms with van der Waals surface area (Å²) >= 11 is 12.1. The molecule has 2 aromatic carbocycles. The summed E-state index contributed by atoms with van der Waals surface area (Å²) in [5.41, 5.74) is 1.63. The number of carbonyl (C=O) groups is 1. The number of hydrogen-bond donors (Lipinski definition) is 1. The standard InChI is InChI=1S/C20H22Cl2O3/c1-3-13(20(24)25-2)12-18(15-5-4-6-17(22)11-15)19(23)14-7-9-16(21)10-8-14/h4-11,13,18-19,23H,3,12H2,1-2H3/t13?,18-,19+/m1/s1. The molecule has 0 bridgehead atoms. The third-order valence-electron chi connectivity index (χ3n) is 4.44. The molecule has 0 aliphatic rings. The van der Waals surface area contributed by atoms with Gasteiger partial charge in [0.1, 0.15) is 0 Å². The molecule has 0 aromatic heterocycles. The molecule has 2 rings (SSSR count). The number of methoxy groups -OCH3 is 1. The molecule has 25 heavy (non-hydrogen) atoms. The number of halogens is 2. The minimum Gasteiger partial charge on any atom is -0.469 e. The van der Waals surface area contributed by atoms with Crippen molar-refractivity contribution in [2.24, 2.45) is 5.92 Å². The number of benzene rings is 2. The van der Waals surface area contributed by atoms with E-state index in [9.17, 15) is 9.90 Å². The molecule has 0 aliphatic carbocycles. The van der Waals surface area contributed by atoms with E-state index in [1.54, 1.807) is 30.3 Å². The van der Waals surface area contributed by atoms with Gasteiger partial charge in [-0.1, -0.05) is 54.4 Å². The first-order valence-corrected chi connectivity index (χ1v) is 8.98. The number of aliphatic hydroxyl groups excluding tert-OH is 1. The topological polar surface area (TPSA) is 46.5 Å². The lowest BCUT2D eigenvalue weighted by atomic mass is 9.81. The van der Waals surface area contributed by atoms with Gasteiger partial charge in [-0.25, -0.2) is 0 Å². The molecule has 0 heterocycles. The molecule has 0 amide bonds. The Morgan fingerprint density at radius 1 is 1.08 bits per heavy atom. The van der Waals surface area contributed by atoms with Crippen LogP contribution in [0.3, 0.4) is 0 Å². The summed E-state index contributed by atoms with van der Waals surface area (Å²) in [4.78, 5) is 12.0. The van der Waals surface area contributed by atoms with E-state index in [0.717, 1.165) is 11.1 Å². The molecular formula is C20H22Cl2O3. The van der Waals surface area contributed by atoms with Gasteiger partial charge in [0, 0.05) is 16.0 Å². The van der Waals surface area contributed by atoms with Gasteiger partial charge in [0.05, 0.1) is 19.1 Å². The average molecular weight is 381 g/mol. The molecule has 0 saturated heterocycles. The molecule has 0 radical (unpaired) electrons. The van der Waals surface area contributed by atoms with E-state index in [4.69, 9.17) is 27.9 Å². The lowest BCUT2D eigenvalue weighted by molar-refractivity contribution is -0.146. The highest BCUT2D eigenvalue weighted by Gasteiger charge is 2.29. The van der Waals surface area contributed by atoms with E-state index in [2.05, 4.69) is 0 Å². The highest BCUT2D eigenvalue weighted by atomic mass is 35.5.